The predicted molar refractivity (Wildman–Crippen MR) is 78.3 cm³/mol. The fraction of sp³-hybridized carbons (Fsp3) is 0.143. The van der Waals surface area contributed by atoms with Gasteiger partial charge in [-0.2, -0.15) is 0 Å². The number of anilines is 1. The summed E-state index contributed by atoms with van der Waals surface area (Å²) >= 11 is 1.71. The summed E-state index contributed by atoms with van der Waals surface area (Å²) in [6, 6.07) is 13.9. The number of rotatable bonds is 4. The third kappa shape index (κ3) is 2.71. The van der Waals surface area contributed by atoms with Crippen molar-refractivity contribution >= 4 is 23.1 Å². The maximum absolute atomic E-state index is 5.67. The zero-order valence-corrected chi connectivity index (χ0v) is 11.2. The normalized spacial score (nSPS) is 10.9. The first-order valence-electron chi connectivity index (χ1n) is 6.10. The Labute approximate surface area is 115 Å². The Bertz CT molecular complexity index is 675. The van der Waals surface area contributed by atoms with Crippen LogP contribution in [0.25, 0.3) is 5.65 Å². The third-order valence-electron chi connectivity index (χ3n) is 2.88. The van der Waals surface area contributed by atoms with E-state index in [0.717, 1.165) is 28.7 Å². The van der Waals surface area contributed by atoms with Crippen molar-refractivity contribution in [2.45, 2.75) is 11.6 Å². The standard InChI is InChI=1S/C14H14N4S/c15-12-6-4-11(5-7-12)8-10-19-14-17-16-13-3-1-2-9-18(13)14/h1-7,9H,8,10,15H2. The number of aryl methyl sites for hydroxylation is 1. The molecule has 1 aromatic carbocycles. The molecule has 3 aromatic rings. The average Bonchev–Trinajstić information content (AvgIpc) is 2.85. The molecule has 2 aromatic heterocycles. The fourth-order valence-electron chi connectivity index (χ4n) is 1.86. The van der Waals surface area contributed by atoms with Gasteiger partial charge in [-0.1, -0.05) is 30.0 Å². The highest BCUT2D eigenvalue weighted by atomic mass is 32.2. The van der Waals surface area contributed by atoms with Gasteiger partial charge in [0.25, 0.3) is 0 Å². The smallest absolute Gasteiger partial charge is 0.195 e. The summed E-state index contributed by atoms with van der Waals surface area (Å²) in [6.07, 6.45) is 2.98. The number of pyridine rings is 1. The Balaban J connectivity index is 1.65. The molecule has 5 heteroatoms. The number of hydrogen-bond acceptors (Lipinski definition) is 4. The lowest BCUT2D eigenvalue weighted by Gasteiger charge is -2.01. The van der Waals surface area contributed by atoms with Crippen molar-refractivity contribution in [3.05, 3.63) is 54.2 Å². The van der Waals surface area contributed by atoms with Crippen LogP contribution in [0.15, 0.2) is 53.8 Å². The zero-order valence-electron chi connectivity index (χ0n) is 10.4. The second kappa shape index (κ2) is 5.32. The highest BCUT2D eigenvalue weighted by molar-refractivity contribution is 7.99. The Morgan fingerprint density at radius 1 is 1.05 bits per heavy atom. The van der Waals surface area contributed by atoms with Gasteiger partial charge in [-0.05, 0) is 36.2 Å². The SMILES string of the molecule is Nc1ccc(CCSc2nnc3ccccn23)cc1. The van der Waals surface area contributed by atoms with Gasteiger partial charge in [0, 0.05) is 17.6 Å². The highest BCUT2D eigenvalue weighted by Crippen LogP contribution is 2.18. The van der Waals surface area contributed by atoms with Crippen molar-refractivity contribution in [1.29, 1.82) is 0 Å². The molecule has 0 bridgehead atoms. The van der Waals surface area contributed by atoms with Crippen LogP contribution < -0.4 is 5.73 Å². The van der Waals surface area contributed by atoms with Crippen LogP contribution >= 0.6 is 11.8 Å². The van der Waals surface area contributed by atoms with Crippen molar-refractivity contribution in [1.82, 2.24) is 14.6 Å². The van der Waals surface area contributed by atoms with Gasteiger partial charge in [-0.15, -0.1) is 10.2 Å². The summed E-state index contributed by atoms with van der Waals surface area (Å²) in [5, 5.41) is 9.26. The van der Waals surface area contributed by atoms with Gasteiger partial charge in [0.15, 0.2) is 10.8 Å². The van der Waals surface area contributed by atoms with Crippen molar-refractivity contribution in [2.24, 2.45) is 0 Å². The van der Waals surface area contributed by atoms with E-state index in [-0.39, 0.29) is 0 Å². The largest absolute Gasteiger partial charge is 0.399 e. The summed E-state index contributed by atoms with van der Waals surface area (Å²) in [4.78, 5) is 0. The number of nitrogens with zero attached hydrogens (tertiary/aromatic N) is 3. The van der Waals surface area contributed by atoms with Crippen molar-refractivity contribution < 1.29 is 0 Å². The molecular weight excluding hydrogens is 256 g/mol. The van der Waals surface area contributed by atoms with Crippen LogP contribution in [0.1, 0.15) is 5.56 Å². The molecule has 0 radical (unpaired) electrons. The van der Waals surface area contributed by atoms with Crippen LogP contribution in [-0.2, 0) is 6.42 Å². The van der Waals surface area contributed by atoms with Gasteiger partial charge in [0.1, 0.15) is 0 Å². The Kier molecular flexibility index (Phi) is 3.37. The minimum atomic E-state index is 0.805. The summed E-state index contributed by atoms with van der Waals surface area (Å²) < 4.78 is 2.01. The average molecular weight is 270 g/mol. The van der Waals surface area contributed by atoms with Gasteiger partial charge >= 0.3 is 0 Å². The predicted octanol–water partition coefficient (Wildman–Crippen LogP) is 2.65. The molecule has 0 saturated carbocycles. The molecule has 2 heterocycles. The highest BCUT2D eigenvalue weighted by Gasteiger charge is 2.04. The quantitative estimate of drug-likeness (QED) is 0.585. The van der Waals surface area contributed by atoms with E-state index in [1.54, 1.807) is 11.8 Å². The molecule has 3 rings (SSSR count). The van der Waals surface area contributed by atoms with Gasteiger partial charge in [0.2, 0.25) is 0 Å². The molecule has 0 atom stereocenters. The summed E-state index contributed by atoms with van der Waals surface area (Å²) in [5.41, 5.74) is 8.65. The number of aromatic nitrogens is 3. The van der Waals surface area contributed by atoms with Crippen LogP contribution in [0.4, 0.5) is 5.69 Å². The molecule has 19 heavy (non-hydrogen) atoms. The fourth-order valence-corrected chi connectivity index (χ4v) is 2.77. The maximum atomic E-state index is 5.67. The van der Waals surface area contributed by atoms with E-state index in [9.17, 15) is 0 Å². The lowest BCUT2D eigenvalue weighted by molar-refractivity contribution is 0.919. The number of nitrogen functional groups attached to an aromatic ring is 1. The molecule has 0 spiro atoms. The Morgan fingerprint density at radius 3 is 2.74 bits per heavy atom. The van der Waals surface area contributed by atoms with E-state index < -0.39 is 0 Å². The monoisotopic (exact) mass is 270 g/mol. The lowest BCUT2D eigenvalue weighted by atomic mass is 10.2. The molecular formula is C14H14N4S. The summed E-state index contributed by atoms with van der Waals surface area (Å²) in [6.45, 7) is 0. The minimum absolute atomic E-state index is 0.805. The molecule has 96 valence electrons. The lowest BCUT2D eigenvalue weighted by Crippen LogP contribution is -1.92. The minimum Gasteiger partial charge on any atom is -0.399 e. The number of thioether (sulfide) groups is 1. The van der Waals surface area contributed by atoms with Crippen LogP contribution in [0, 0.1) is 0 Å². The third-order valence-corrected chi connectivity index (χ3v) is 3.83. The summed E-state index contributed by atoms with van der Waals surface area (Å²) in [7, 11) is 0. The number of hydrogen-bond donors (Lipinski definition) is 1. The molecule has 2 N–H and O–H groups in total. The first-order chi connectivity index (χ1) is 9.33. The van der Waals surface area contributed by atoms with E-state index in [0.29, 0.717) is 0 Å². The van der Waals surface area contributed by atoms with Gasteiger partial charge in [0.05, 0.1) is 0 Å². The number of fused-ring (bicyclic) bond motifs is 1. The van der Waals surface area contributed by atoms with Crippen molar-refractivity contribution in [2.75, 3.05) is 11.5 Å². The van der Waals surface area contributed by atoms with E-state index >= 15 is 0 Å². The van der Waals surface area contributed by atoms with Crippen LogP contribution in [0.2, 0.25) is 0 Å². The van der Waals surface area contributed by atoms with Gasteiger partial charge in [-0.3, -0.25) is 4.40 Å². The molecule has 0 saturated heterocycles. The van der Waals surface area contributed by atoms with Crippen molar-refractivity contribution in [3.8, 4) is 0 Å². The second-order valence-corrected chi connectivity index (χ2v) is 5.31. The summed E-state index contributed by atoms with van der Waals surface area (Å²) in [5.74, 6) is 0.972. The second-order valence-electron chi connectivity index (χ2n) is 4.25. The Hall–Kier alpha value is -2.01. The molecule has 0 unspecified atom stereocenters. The molecule has 0 amide bonds. The van der Waals surface area contributed by atoms with Crippen LogP contribution in [-0.4, -0.2) is 20.4 Å². The van der Waals surface area contributed by atoms with Gasteiger partial charge in [-0.25, -0.2) is 0 Å². The number of benzene rings is 1. The molecule has 0 aliphatic heterocycles. The van der Waals surface area contributed by atoms with Crippen LogP contribution in [0.3, 0.4) is 0 Å². The topological polar surface area (TPSA) is 56.2 Å². The zero-order chi connectivity index (χ0) is 13.1. The number of nitrogens with two attached hydrogens (primary N) is 1. The van der Waals surface area contributed by atoms with E-state index in [4.69, 9.17) is 5.73 Å². The first kappa shape index (κ1) is 12.0. The van der Waals surface area contributed by atoms with Gasteiger partial charge < -0.3 is 5.73 Å². The first-order valence-corrected chi connectivity index (χ1v) is 7.08. The van der Waals surface area contributed by atoms with Crippen molar-refractivity contribution in [3.63, 3.8) is 0 Å². The Morgan fingerprint density at radius 2 is 1.89 bits per heavy atom. The molecule has 0 aliphatic carbocycles. The van der Waals surface area contributed by atoms with E-state index in [2.05, 4.69) is 22.3 Å². The maximum Gasteiger partial charge on any atom is 0.195 e. The molecule has 4 nitrogen and oxygen atoms in total. The van der Waals surface area contributed by atoms with E-state index in [1.165, 1.54) is 5.56 Å². The van der Waals surface area contributed by atoms with Crippen LogP contribution in [0.5, 0.6) is 0 Å². The molecule has 0 fully saturated rings. The molecule has 0 aliphatic rings. The van der Waals surface area contributed by atoms with E-state index in [1.807, 2.05) is 40.9 Å².